The van der Waals surface area contributed by atoms with Crippen molar-refractivity contribution in [3.05, 3.63) is 65.5 Å². The van der Waals surface area contributed by atoms with Crippen LogP contribution in [0.4, 0.5) is 5.95 Å². The highest BCUT2D eigenvalue weighted by molar-refractivity contribution is 5.89. The zero-order chi connectivity index (χ0) is 17.4. The summed E-state index contributed by atoms with van der Waals surface area (Å²) >= 11 is 0. The van der Waals surface area contributed by atoms with Crippen molar-refractivity contribution in [2.24, 2.45) is 7.05 Å². The number of hydrogen-bond acceptors (Lipinski definition) is 6. The molecule has 124 valence electrons. The largest absolute Gasteiger partial charge is 0.463 e. The molecule has 0 aliphatic carbocycles. The van der Waals surface area contributed by atoms with Gasteiger partial charge in [0.25, 0.3) is 5.56 Å². The maximum absolute atomic E-state index is 12.1. The molecule has 0 atom stereocenters. The number of nitrogens with two attached hydrogens (primary N) is 1. The van der Waals surface area contributed by atoms with Crippen LogP contribution in [0, 0.1) is 0 Å². The van der Waals surface area contributed by atoms with Crippen LogP contribution in [-0.4, -0.2) is 14.5 Å². The molecule has 25 heavy (non-hydrogen) atoms. The molecule has 7 heteroatoms. The van der Waals surface area contributed by atoms with Gasteiger partial charge in [-0.1, -0.05) is 0 Å². The molecule has 0 aliphatic heterocycles. The third-order valence-corrected chi connectivity index (χ3v) is 3.83. The highest BCUT2D eigenvalue weighted by Gasteiger charge is 2.21. The summed E-state index contributed by atoms with van der Waals surface area (Å²) in [5.41, 5.74) is 8.02. The smallest absolute Gasteiger partial charge is 0.250 e. The highest BCUT2D eigenvalue weighted by atomic mass is 16.3. The van der Waals surface area contributed by atoms with Gasteiger partial charge in [0.05, 0.1) is 12.5 Å². The molecule has 0 radical (unpaired) electrons. The third kappa shape index (κ3) is 2.61. The molecule has 0 spiro atoms. The van der Waals surface area contributed by atoms with Gasteiger partial charge >= 0.3 is 0 Å². The Bertz CT molecular complexity index is 1020. The van der Waals surface area contributed by atoms with Gasteiger partial charge in [-0.05, 0) is 35.9 Å². The van der Waals surface area contributed by atoms with Gasteiger partial charge in [-0.15, -0.1) is 0 Å². The first-order valence-electron chi connectivity index (χ1n) is 7.56. The van der Waals surface area contributed by atoms with Gasteiger partial charge in [0.1, 0.15) is 11.4 Å². The van der Waals surface area contributed by atoms with Crippen LogP contribution in [0.25, 0.3) is 34.0 Å². The van der Waals surface area contributed by atoms with E-state index < -0.39 is 0 Å². The van der Waals surface area contributed by atoms with Crippen LogP contribution < -0.4 is 11.3 Å². The van der Waals surface area contributed by atoms with Gasteiger partial charge in [-0.2, -0.15) is 0 Å². The lowest BCUT2D eigenvalue weighted by Gasteiger charge is -2.12. The SMILES string of the molecule is Cn1ccc(-c2c(-c3ccco3)nc(N)nc2-c2ccco2)cc1=O. The topological polar surface area (TPSA) is 100 Å². The Balaban J connectivity index is 2.08. The van der Waals surface area contributed by atoms with Gasteiger partial charge in [0.15, 0.2) is 11.5 Å². The summed E-state index contributed by atoms with van der Waals surface area (Å²) in [7, 11) is 1.69. The number of hydrogen-bond donors (Lipinski definition) is 1. The Hall–Kier alpha value is -3.61. The zero-order valence-electron chi connectivity index (χ0n) is 13.3. The summed E-state index contributed by atoms with van der Waals surface area (Å²) in [5, 5.41) is 0. The lowest BCUT2D eigenvalue weighted by atomic mass is 10.00. The van der Waals surface area contributed by atoms with E-state index >= 15 is 0 Å². The van der Waals surface area contributed by atoms with E-state index in [0.717, 1.165) is 0 Å². The molecule has 2 N–H and O–H groups in total. The number of aryl methyl sites for hydroxylation is 1. The van der Waals surface area contributed by atoms with E-state index in [1.165, 1.54) is 10.6 Å². The molecular formula is C18H14N4O3. The van der Waals surface area contributed by atoms with Gasteiger partial charge in [-0.25, -0.2) is 9.97 Å². The van der Waals surface area contributed by atoms with E-state index in [0.29, 0.717) is 34.0 Å². The summed E-state index contributed by atoms with van der Waals surface area (Å²) in [4.78, 5) is 20.8. The molecule has 0 unspecified atom stereocenters. The molecule has 4 aromatic heterocycles. The van der Waals surface area contributed by atoms with Crippen molar-refractivity contribution < 1.29 is 8.83 Å². The monoisotopic (exact) mass is 334 g/mol. The minimum atomic E-state index is -0.148. The van der Waals surface area contributed by atoms with Crippen molar-refractivity contribution in [3.63, 3.8) is 0 Å². The number of nitrogen functional groups attached to an aromatic ring is 1. The molecule has 0 aliphatic rings. The molecule has 0 aromatic carbocycles. The van der Waals surface area contributed by atoms with Gasteiger partial charge in [-0.3, -0.25) is 4.79 Å². The molecule has 0 amide bonds. The predicted octanol–water partition coefficient (Wildman–Crippen LogP) is 2.94. The molecule has 0 bridgehead atoms. The van der Waals surface area contributed by atoms with Gasteiger partial charge in [0, 0.05) is 24.9 Å². The number of aromatic nitrogens is 3. The van der Waals surface area contributed by atoms with Crippen molar-refractivity contribution in [2.45, 2.75) is 0 Å². The first-order valence-corrected chi connectivity index (χ1v) is 7.56. The van der Waals surface area contributed by atoms with Crippen LogP contribution in [0.2, 0.25) is 0 Å². The maximum Gasteiger partial charge on any atom is 0.250 e. The molecule has 4 rings (SSSR count). The fourth-order valence-electron chi connectivity index (χ4n) is 2.64. The first kappa shape index (κ1) is 14.9. The van der Waals surface area contributed by atoms with Crippen LogP contribution in [-0.2, 0) is 7.05 Å². The second kappa shape index (κ2) is 5.79. The Morgan fingerprint density at radius 2 is 1.60 bits per heavy atom. The summed E-state index contributed by atoms with van der Waals surface area (Å²) in [6.45, 7) is 0. The van der Waals surface area contributed by atoms with Crippen molar-refractivity contribution >= 4 is 5.95 Å². The molecule has 0 fully saturated rings. The van der Waals surface area contributed by atoms with E-state index in [9.17, 15) is 4.79 Å². The van der Waals surface area contributed by atoms with Crippen LogP contribution in [0.3, 0.4) is 0 Å². The maximum atomic E-state index is 12.1. The number of anilines is 1. The van der Waals surface area contributed by atoms with Crippen LogP contribution in [0.1, 0.15) is 0 Å². The van der Waals surface area contributed by atoms with E-state index in [-0.39, 0.29) is 11.5 Å². The van der Waals surface area contributed by atoms with Gasteiger partial charge in [0.2, 0.25) is 5.95 Å². The third-order valence-electron chi connectivity index (χ3n) is 3.83. The van der Waals surface area contributed by atoms with Gasteiger partial charge < -0.3 is 19.1 Å². The van der Waals surface area contributed by atoms with Crippen molar-refractivity contribution in [2.75, 3.05) is 5.73 Å². The standard InChI is InChI=1S/C18H14N4O3/c1-22-7-6-11(10-14(22)23)15-16(12-4-2-8-24-12)20-18(19)21-17(15)13-5-3-9-25-13/h2-10H,1H3,(H2,19,20,21). The Morgan fingerprint density at radius 1 is 1.00 bits per heavy atom. The Labute approximate surface area is 142 Å². The van der Waals surface area contributed by atoms with E-state index in [1.54, 1.807) is 50.0 Å². The number of furan rings is 2. The molecule has 0 saturated carbocycles. The summed E-state index contributed by atoms with van der Waals surface area (Å²) in [5.74, 6) is 1.14. The van der Waals surface area contributed by atoms with Crippen molar-refractivity contribution in [3.8, 4) is 34.0 Å². The fourth-order valence-corrected chi connectivity index (χ4v) is 2.64. The average Bonchev–Trinajstić information content (AvgIpc) is 3.30. The number of pyridine rings is 1. The van der Waals surface area contributed by atoms with E-state index in [1.807, 2.05) is 6.07 Å². The molecular weight excluding hydrogens is 320 g/mol. The van der Waals surface area contributed by atoms with Crippen molar-refractivity contribution in [1.82, 2.24) is 14.5 Å². The quantitative estimate of drug-likeness (QED) is 0.618. The second-order valence-electron chi connectivity index (χ2n) is 5.47. The zero-order valence-corrected chi connectivity index (χ0v) is 13.3. The fraction of sp³-hybridized carbons (Fsp3) is 0.0556. The molecule has 4 aromatic rings. The first-order chi connectivity index (χ1) is 12.1. The Kier molecular flexibility index (Phi) is 3.46. The summed E-state index contributed by atoms with van der Waals surface area (Å²) in [6, 6.07) is 10.4. The predicted molar refractivity (Wildman–Crippen MR) is 92.5 cm³/mol. The minimum Gasteiger partial charge on any atom is -0.463 e. The highest BCUT2D eigenvalue weighted by Crippen LogP contribution is 2.38. The van der Waals surface area contributed by atoms with Crippen LogP contribution in [0.15, 0.2) is 68.8 Å². The van der Waals surface area contributed by atoms with E-state index in [4.69, 9.17) is 14.6 Å². The lowest BCUT2D eigenvalue weighted by Crippen LogP contribution is -2.14. The Morgan fingerprint density at radius 3 is 2.08 bits per heavy atom. The average molecular weight is 334 g/mol. The number of nitrogens with zero attached hydrogens (tertiary/aromatic N) is 3. The second-order valence-corrected chi connectivity index (χ2v) is 5.47. The lowest BCUT2D eigenvalue weighted by molar-refractivity contribution is 0.577. The van der Waals surface area contributed by atoms with Crippen LogP contribution >= 0.6 is 0 Å². The van der Waals surface area contributed by atoms with Crippen molar-refractivity contribution in [1.29, 1.82) is 0 Å². The molecule has 4 heterocycles. The van der Waals surface area contributed by atoms with E-state index in [2.05, 4.69) is 9.97 Å². The summed E-state index contributed by atoms with van der Waals surface area (Å²) < 4.78 is 12.5. The number of rotatable bonds is 3. The molecule has 7 nitrogen and oxygen atoms in total. The minimum absolute atomic E-state index is 0.0883. The summed E-state index contributed by atoms with van der Waals surface area (Å²) in [6.07, 6.45) is 4.79. The van der Waals surface area contributed by atoms with Crippen LogP contribution in [0.5, 0.6) is 0 Å². The normalized spacial score (nSPS) is 10.9. The molecule has 0 saturated heterocycles.